The van der Waals surface area contributed by atoms with Crippen LogP contribution in [0.3, 0.4) is 0 Å². The van der Waals surface area contributed by atoms with Gasteiger partial charge in [0.2, 0.25) is 12.2 Å². The molecule has 0 radical (unpaired) electrons. The van der Waals surface area contributed by atoms with Gasteiger partial charge in [0.15, 0.2) is 0 Å². The fourth-order valence-electron chi connectivity index (χ4n) is 5.39. The third kappa shape index (κ3) is 6.34. The Hall–Kier alpha value is -5.60. The molecule has 0 aliphatic rings. The van der Waals surface area contributed by atoms with E-state index >= 15 is 0 Å². The Kier molecular flexibility index (Phi) is 8.99. The molecule has 0 amide bonds. The maximum atomic E-state index is 11.4. The van der Waals surface area contributed by atoms with E-state index in [-0.39, 0.29) is 5.92 Å². The fourth-order valence-corrected chi connectivity index (χ4v) is 5.39. The molecule has 0 aromatic heterocycles. The van der Waals surface area contributed by atoms with Gasteiger partial charge < -0.3 is 4.74 Å². The van der Waals surface area contributed by atoms with E-state index in [2.05, 4.69) is 47.2 Å². The number of aryl methyl sites for hydroxylation is 1. The molecule has 1 atom stereocenters. The normalized spacial score (nSPS) is 11.9. The fraction of sp³-hybridized carbons (Fsp3) is 0.105. The van der Waals surface area contributed by atoms with Crippen LogP contribution in [0.4, 0.5) is 11.4 Å². The van der Waals surface area contributed by atoms with Gasteiger partial charge in [-0.1, -0.05) is 91.9 Å². The summed E-state index contributed by atoms with van der Waals surface area (Å²) in [4.78, 5) is 30.4. The van der Waals surface area contributed by atoms with Gasteiger partial charge >= 0.3 is 0 Å². The molecular formula is C38H30N2O3. The molecule has 0 aliphatic carbocycles. The standard InChI is InChI=1S/C38H30N2O3/c1-26-22-31(16-20-35(26)39-24-41)37(29-10-6-4-7-11-29)38(30-12-8-5-9-13-30)32-17-21-36(40-25-42)34(23-32)27(2)28-14-18-33(43-3)19-15-28/h4-23,27H,1-3H3/b38-37-. The van der Waals surface area contributed by atoms with Crippen LogP contribution in [-0.2, 0) is 9.59 Å². The first-order chi connectivity index (χ1) is 21.0. The molecule has 0 saturated carbocycles. The zero-order valence-electron chi connectivity index (χ0n) is 24.2. The molecule has 5 heteroatoms. The van der Waals surface area contributed by atoms with Crippen LogP contribution in [0.1, 0.15) is 51.8 Å². The molecule has 1 unspecified atom stereocenters. The smallest absolute Gasteiger partial charge is 0.240 e. The maximum Gasteiger partial charge on any atom is 0.240 e. The van der Waals surface area contributed by atoms with Crippen molar-refractivity contribution in [2.24, 2.45) is 9.98 Å². The summed E-state index contributed by atoms with van der Waals surface area (Å²) >= 11 is 0. The number of rotatable bonds is 9. The van der Waals surface area contributed by atoms with E-state index in [1.807, 2.05) is 97.9 Å². The van der Waals surface area contributed by atoms with E-state index in [9.17, 15) is 9.59 Å². The van der Waals surface area contributed by atoms with Crippen LogP contribution in [0.5, 0.6) is 5.75 Å². The van der Waals surface area contributed by atoms with Crippen molar-refractivity contribution in [1.29, 1.82) is 0 Å². The van der Waals surface area contributed by atoms with Crippen molar-refractivity contribution in [3.05, 3.63) is 160 Å². The van der Waals surface area contributed by atoms with E-state index in [4.69, 9.17) is 4.74 Å². The van der Waals surface area contributed by atoms with Crippen LogP contribution in [0.15, 0.2) is 131 Å². The van der Waals surface area contributed by atoms with Crippen LogP contribution in [0.25, 0.3) is 11.1 Å². The number of methoxy groups -OCH3 is 1. The number of hydrogen-bond donors (Lipinski definition) is 0. The molecule has 5 rings (SSSR count). The van der Waals surface area contributed by atoms with Crippen molar-refractivity contribution in [3.8, 4) is 5.75 Å². The Morgan fingerprint density at radius 1 is 0.628 bits per heavy atom. The minimum atomic E-state index is -0.0714. The molecule has 5 aromatic carbocycles. The second kappa shape index (κ2) is 13.4. The van der Waals surface area contributed by atoms with Gasteiger partial charge in [0.25, 0.3) is 0 Å². The van der Waals surface area contributed by atoms with E-state index in [1.165, 1.54) is 0 Å². The van der Waals surface area contributed by atoms with Crippen LogP contribution in [0.2, 0.25) is 0 Å². The highest BCUT2D eigenvalue weighted by Crippen LogP contribution is 2.41. The molecule has 5 aromatic rings. The first-order valence-corrected chi connectivity index (χ1v) is 13.9. The van der Waals surface area contributed by atoms with Crippen molar-refractivity contribution in [2.45, 2.75) is 19.8 Å². The molecule has 0 spiro atoms. The lowest BCUT2D eigenvalue weighted by Crippen LogP contribution is -2.01. The molecule has 43 heavy (non-hydrogen) atoms. The summed E-state index contributed by atoms with van der Waals surface area (Å²) in [5, 5.41) is 0. The second-order valence-corrected chi connectivity index (χ2v) is 10.2. The highest BCUT2D eigenvalue weighted by Gasteiger charge is 2.20. The molecule has 5 nitrogen and oxygen atoms in total. The minimum Gasteiger partial charge on any atom is -0.497 e. The number of ether oxygens (including phenoxy) is 1. The third-order valence-corrected chi connectivity index (χ3v) is 7.59. The topological polar surface area (TPSA) is 68.1 Å². The second-order valence-electron chi connectivity index (χ2n) is 10.2. The van der Waals surface area contributed by atoms with Crippen molar-refractivity contribution in [1.82, 2.24) is 0 Å². The van der Waals surface area contributed by atoms with Crippen molar-refractivity contribution in [3.63, 3.8) is 0 Å². The number of hydrogen-bond acceptors (Lipinski definition) is 5. The largest absolute Gasteiger partial charge is 0.497 e. The van der Waals surface area contributed by atoms with Crippen LogP contribution in [-0.4, -0.2) is 19.3 Å². The predicted octanol–water partition coefficient (Wildman–Crippen LogP) is 9.10. The van der Waals surface area contributed by atoms with E-state index < -0.39 is 0 Å². The summed E-state index contributed by atoms with van der Waals surface area (Å²) in [7, 11) is 1.64. The van der Waals surface area contributed by atoms with Gasteiger partial charge in [-0.15, -0.1) is 0 Å². The van der Waals surface area contributed by atoms with Gasteiger partial charge in [0.1, 0.15) is 5.75 Å². The Morgan fingerprint density at radius 3 is 1.65 bits per heavy atom. The van der Waals surface area contributed by atoms with Crippen LogP contribution >= 0.6 is 0 Å². The SMILES string of the molecule is COc1ccc(C(C)c2cc(/C(=C(/c3ccccc3)c3ccc(N=C=O)c(C)c3)c3ccccc3)ccc2N=C=O)cc1. The molecule has 0 aliphatic heterocycles. The summed E-state index contributed by atoms with van der Waals surface area (Å²) in [5.41, 5.74) is 10.0. The van der Waals surface area contributed by atoms with Crippen molar-refractivity contribution in [2.75, 3.05) is 7.11 Å². The predicted molar refractivity (Wildman–Crippen MR) is 172 cm³/mol. The van der Waals surface area contributed by atoms with Gasteiger partial charge in [-0.2, -0.15) is 9.98 Å². The molecule has 0 saturated heterocycles. The lowest BCUT2D eigenvalue weighted by molar-refractivity contribution is 0.414. The monoisotopic (exact) mass is 562 g/mol. The Labute approximate surface area is 251 Å². The lowest BCUT2D eigenvalue weighted by atomic mass is 9.83. The molecular weight excluding hydrogens is 532 g/mol. The molecule has 0 heterocycles. The van der Waals surface area contributed by atoms with Gasteiger partial charge in [-0.3, -0.25) is 0 Å². The first-order valence-electron chi connectivity index (χ1n) is 13.9. The lowest BCUT2D eigenvalue weighted by Gasteiger charge is -2.21. The quantitative estimate of drug-likeness (QED) is 0.102. The summed E-state index contributed by atoms with van der Waals surface area (Å²) in [6, 6.07) is 40.3. The van der Waals surface area contributed by atoms with Crippen LogP contribution in [0, 0.1) is 6.92 Å². The summed E-state index contributed by atoms with van der Waals surface area (Å²) in [6.45, 7) is 4.04. The van der Waals surface area contributed by atoms with E-state index in [0.29, 0.717) is 11.4 Å². The Balaban J connectivity index is 1.82. The first kappa shape index (κ1) is 28.9. The van der Waals surface area contributed by atoms with Gasteiger partial charge in [-0.05, 0) is 93.4 Å². The average molecular weight is 563 g/mol. The summed E-state index contributed by atoms with van der Waals surface area (Å²) in [5.74, 6) is 0.704. The van der Waals surface area contributed by atoms with Gasteiger partial charge in [-0.25, -0.2) is 9.59 Å². The number of carbonyl (C=O) groups excluding carboxylic acids is 2. The zero-order valence-corrected chi connectivity index (χ0v) is 24.2. The minimum absolute atomic E-state index is 0.0714. The average Bonchev–Trinajstić information content (AvgIpc) is 3.05. The molecule has 0 bridgehead atoms. The zero-order chi connectivity index (χ0) is 30.2. The number of isocyanates is 2. The van der Waals surface area contributed by atoms with Crippen molar-refractivity contribution >= 4 is 34.7 Å². The molecule has 0 fully saturated rings. The number of aliphatic imine (C=N–C) groups is 2. The highest BCUT2D eigenvalue weighted by atomic mass is 16.5. The number of benzene rings is 5. The van der Waals surface area contributed by atoms with Crippen LogP contribution < -0.4 is 4.74 Å². The van der Waals surface area contributed by atoms with E-state index in [1.54, 1.807) is 19.3 Å². The van der Waals surface area contributed by atoms with Gasteiger partial charge in [0, 0.05) is 5.92 Å². The third-order valence-electron chi connectivity index (χ3n) is 7.59. The molecule has 210 valence electrons. The van der Waals surface area contributed by atoms with E-state index in [0.717, 1.165) is 55.8 Å². The summed E-state index contributed by atoms with van der Waals surface area (Å²) in [6.07, 6.45) is 3.38. The Morgan fingerprint density at radius 2 is 1.14 bits per heavy atom. The molecule has 0 N–H and O–H groups in total. The number of nitrogens with zero attached hydrogens (tertiary/aromatic N) is 2. The van der Waals surface area contributed by atoms with Gasteiger partial charge in [0.05, 0.1) is 18.5 Å². The summed E-state index contributed by atoms with van der Waals surface area (Å²) < 4.78 is 5.36. The Bertz CT molecular complexity index is 1860. The maximum absolute atomic E-state index is 11.4. The van der Waals surface area contributed by atoms with Crippen molar-refractivity contribution < 1.29 is 14.3 Å². The highest BCUT2D eigenvalue weighted by molar-refractivity contribution is 6.05.